The zero-order chi connectivity index (χ0) is 15.6. The molecule has 1 fully saturated rings. The average molecular weight is 324 g/mol. The van der Waals surface area contributed by atoms with E-state index in [-0.39, 0.29) is 23.2 Å². The molecule has 3 N–H and O–H groups in total. The molecule has 1 aromatic heterocycles. The van der Waals surface area contributed by atoms with Crippen molar-refractivity contribution in [2.75, 3.05) is 11.6 Å². The molecule has 1 saturated carbocycles. The average Bonchev–Trinajstić information content (AvgIpc) is 2.76. The van der Waals surface area contributed by atoms with E-state index in [9.17, 15) is 18.0 Å². The normalized spacial score (nSPS) is 23.2. The minimum atomic E-state index is -4.30. The van der Waals surface area contributed by atoms with Crippen molar-refractivity contribution in [3.05, 3.63) is 5.82 Å². The first-order valence-corrected chi connectivity index (χ1v) is 7.41. The van der Waals surface area contributed by atoms with Gasteiger partial charge in [-0.1, -0.05) is 24.6 Å². The van der Waals surface area contributed by atoms with Gasteiger partial charge in [0.15, 0.2) is 5.82 Å². The highest BCUT2D eigenvalue weighted by atomic mass is 32.2. The molecule has 0 bridgehead atoms. The van der Waals surface area contributed by atoms with Crippen LogP contribution in [0.3, 0.4) is 0 Å². The summed E-state index contributed by atoms with van der Waals surface area (Å²) in [5.74, 6) is 2.18. The van der Waals surface area contributed by atoms with E-state index in [1.54, 1.807) is 0 Å². The SMILES string of the molecule is Nn1c(SCC(=O)O)nnc1C1CCCCC1C(F)(F)F. The molecule has 6 nitrogen and oxygen atoms in total. The molecule has 1 aromatic rings. The fourth-order valence-electron chi connectivity index (χ4n) is 2.60. The van der Waals surface area contributed by atoms with Gasteiger partial charge < -0.3 is 10.9 Å². The van der Waals surface area contributed by atoms with Gasteiger partial charge in [-0.05, 0) is 12.8 Å². The summed E-state index contributed by atoms with van der Waals surface area (Å²) in [5, 5.41) is 16.2. The molecule has 2 unspecified atom stereocenters. The van der Waals surface area contributed by atoms with Gasteiger partial charge in [0.2, 0.25) is 5.16 Å². The summed E-state index contributed by atoms with van der Waals surface area (Å²) in [5.41, 5.74) is 0. The third-order valence-corrected chi connectivity index (χ3v) is 4.46. The molecule has 0 spiro atoms. The number of alkyl halides is 3. The monoisotopic (exact) mass is 324 g/mol. The number of hydrogen-bond donors (Lipinski definition) is 2. The number of nitrogen functional groups attached to an aromatic ring is 1. The Morgan fingerprint density at radius 1 is 1.38 bits per heavy atom. The Balaban J connectivity index is 2.21. The highest BCUT2D eigenvalue weighted by Crippen LogP contribution is 2.45. The second-order valence-electron chi connectivity index (χ2n) is 4.93. The van der Waals surface area contributed by atoms with E-state index in [2.05, 4.69) is 10.2 Å². The lowest BCUT2D eigenvalue weighted by atomic mass is 9.78. The van der Waals surface area contributed by atoms with Crippen LogP contribution >= 0.6 is 11.8 Å². The molecule has 0 radical (unpaired) electrons. The van der Waals surface area contributed by atoms with Crippen LogP contribution in [0.15, 0.2) is 5.16 Å². The van der Waals surface area contributed by atoms with Gasteiger partial charge in [-0.25, -0.2) is 4.68 Å². The summed E-state index contributed by atoms with van der Waals surface area (Å²) >= 11 is 0.832. The lowest BCUT2D eigenvalue weighted by Crippen LogP contribution is -2.34. The summed E-state index contributed by atoms with van der Waals surface area (Å²) < 4.78 is 40.3. The van der Waals surface area contributed by atoms with E-state index >= 15 is 0 Å². The van der Waals surface area contributed by atoms with Crippen LogP contribution in [0.5, 0.6) is 0 Å². The zero-order valence-electron chi connectivity index (χ0n) is 11.0. The van der Waals surface area contributed by atoms with Gasteiger partial charge in [0, 0.05) is 5.92 Å². The second-order valence-corrected chi connectivity index (χ2v) is 5.87. The third-order valence-electron chi connectivity index (χ3n) is 3.53. The van der Waals surface area contributed by atoms with Crippen molar-refractivity contribution < 1.29 is 23.1 Å². The first-order chi connectivity index (χ1) is 9.80. The molecule has 0 aliphatic heterocycles. The molecular formula is C11H15F3N4O2S. The Hall–Kier alpha value is -1.45. The van der Waals surface area contributed by atoms with Gasteiger partial charge >= 0.3 is 12.1 Å². The highest BCUT2D eigenvalue weighted by Gasteiger charge is 2.47. The molecule has 21 heavy (non-hydrogen) atoms. The van der Waals surface area contributed by atoms with Crippen LogP contribution in [-0.4, -0.2) is 37.9 Å². The van der Waals surface area contributed by atoms with Crippen molar-refractivity contribution >= 4 is 17.7 Å². The predicted molar refractivity (Wildman–Crippen MR) is 69.3 cm³/mol. The number of aliphatic carboxylic acids is 1. The van der Waals surface area contributed by atoms with Crippen molar-refractivity contribution in [1.82, 2.24) is 14.9 Å². The lowest BCUT2D eigenvalue weighted by Gasteiger charge is -2.31. The van der Waals surface area contributed by atoms with E-state index in [1.165, 1.54) is 0 Å². The Labute approximate surface area is 122 Å². The molecule has 0 aromatic carbocycles. The minimum Gasteiger partial charge on any atom is -0.481 e. The highest BCUT2D eigenvalue weighted by molar-refractivity contribution is 7.99. The number of halogens is 3. The maximum atomic E-state index is 13.1. The number of hydrogen-bond acceptors (Lipinski definition) is 5. The topological polar surface area (TPSA) is 94.0 Å². The zero-order valence-corrected chi connectivity index (χ0v) is 11.8. The number of carboxylic acid groups (broad SMARTS) is 1. The van der Waals surface area contributed by atoms with E-state index in [1.807, 2.05) is 0 Å². The Kier molecular flexibility index (Phi) is 4.64. The molecule has 1 heterocycles. The first-order valence-electron chi connectivity index (χ1n) is 6.42. The van der Waals surface area contributed by atoms with Crippen LogP contribution in [0.1, 0.15) is 37.4 Å². The number of aromatic nitrogens is 3. The number of carbonyl (C=O) groups is 1. The molecule has 1 aliphatic carbocycles. The molecule has 118 valence electrons. The Morgan fingerprint density at radius 2 is 2.05 bits per heavy atom. The Bertz CT molecular complexity index is 520. The Morgan fingerprint density at radius 3 is 2.67 bits per heavy atom. The minimum absolute atomic E-state index is 0.0542. The van der Waals surface area contributed by atoms with Gasteiger partial charge in [-0.15, -0.1) is 10.2 Å². The quantitative estimate of drug-likeness (QED) is 0.650. The van der Waals surface area contributed by atoms with E-state index in [0.29, 0.717) is 19.3 Å². The van der Waals surface area contributed by atoms with Crippen molar-refractivity contribution in [3.63, 3.8) is 0 Å². The van der Waals surface area contributed by atoms with Crippen LogP contribution in [0.2, 0.25) is 0 Å². The van der Waals surface area contributed by atoms with Crippen LogP contribution in [0.25, 0.3) is 0 Å². The summed E-state index contributed by atoms with van der Waals surface area (Å²) in [6, 6.07) is 0. The molecule has 2 rings (SSSR count). The van der Waals surface area contributed by atoms with Crippen LogP contribution < -0.4 is 5.84 Å². The number of rotatable bonds is 4. The third kappa shape index (κ3) is 3.60. The van der Waals surface area contributed by atoms with Crippen LogP contribution in [-0.2, 0) is 4.79 Å². The fourth-order valence-corrected chi connectivity index (χ4v) is 3.18. The van der Waals surface area contributed by atoms with Crippen molar-refractivity contribution in [1.29, 1.82) is 0 Å². The molecular weight excluding hydrogens is 309 g/mol. The smallest absolute Gasteiger partial charge is 0.392 e. The van der Waals surface area contributed by atoms with Crippen LogP contribution in [0.4, 0.5) is 13.2 Å². The number of nitrogens with two attached hydrogens (primary N) is 1. The summed E-state index contributed by atoms with van der Waals surface area (Å²) in [6.45, 7) is 0. The first kappa shape index (κ1) is 15.9. The summed E-state index contributed by atoms with van der Waals surface area (Å²) in [7, 11) is 0. The maximum Gasteiger partial charge on any atom is 0.392 e. The van der Waals surface area contributed by atoms with Gasteiger partial charge in [0.25, 0.3) is 0 Å². The standard InChI is InChI=1S/C11H15F3N4O2S/c12-11(13,14)7-4-2-1-3-6(7)9-16-17-10(18(9)15)21-5-8(19)20/h6-7H,1-5,15H2,(H,19,20). The second kappa shape index (κ2) is 6.12. The van der Waals surface area contributed by atoms with Gasteiger partial charge in [0.05, 0.1) is 11.7 Å². The number of carboxylic acids is 1. The van der Waals surface area contributed by atoms with Gasteiger partial charge in [-0.2, -0.15) is 13.2 Å². The van der Waals surface area contributed by atoms with Crippen molar-refractivity contribution in [2.24, 2.45) is 5.92 Å². The van der Waals surface area contributed by atoms with Crippen molar-refractivity contribution in [2.45, 2.75) is 42.9 Å². The lowest BCUT2D eigenvalue weighted by molar-refractivity contribution is -0.188. The predicted octanol–water partition coefficient (Wildman–Crippen LogP) is 2.00. The molecule has 1 aliphatic rings. The molecule has 0 saturated heterocycles. The molecule has 0 amide bonds. The van der Waals surface area contributed by atoms with Crippen LogP contribution in [0, 0.1) is 5.92 Å². The number of nitrogens with zero attached hydrogens (tertiary/aromatic N) is 3. The van der Waals surface area contributed by atoms with E-state index < -0.39 is 24.0 Å². The van der Waals surface area contributed by atoms with Gasteiger partial charge in [-0.3, -0.25) is 4.79 Å². The summed E-state index contributed by atoms with van der Waals surface area (Å²) in [6.07, 6.45) is -2.69. The van der Waals surface area contributed by atoms with E-state index in [4.69, 9.17) is 10.9 Å². The largest absolute Gasteiger partial charge is 0.481 e. The maximum absolute atomic E-state index is 13.1. The van der Waals surface area contributed by atoms with E-state index in [0.717, 1.165) is 16.4 Å². The number of thioether (sulfide) groups is 1. The fraction of sp³-hybridized carbons (Fsp3) is 0.727. The van der Waals surface area contributed by atoms with Crippen molar-refractivity contribution in [3.8, 4) is 0 Å². The molecule has 10 heteroatoms. The molecule has 2 atom stereocenters. The van der Waals surface area contributed by atoms with Gasteiger partial charge in [0.1, 0.15) is 0 Å². The summed E-state index contributed by atoms with van der Waals surface area (Å²) in [4.78, 5) is 10.5.